The standard InChI is InChI=1S/C53H49N5O.Pt/c1-53(2,3)40-27-29-54-51(31-40)56-34-39-28-30-55(4)35-47(39)46-26-25-43(33-50(46)56)59-42-20-13-19-41(32-42)57-36-58(49-24-12-11-23-48(49)57)52-44(37-15-7-5-8-16-37)21-14-22-45(52)38-17-9-6-10-18-38;/h5-27,29,31-33,39,47H,28,30,34-35H2,1-4H3;. The molecule has 2 aliphatic rings. The molecule has 0 amide bonds. The van der Waals surface area contributed by atoms with Crippen LogP contribution in [0.25, 0.3) is 44.7 Å². The monoisotopic (exact) mass is 966 g/mol. The molecule has 1 saturated heterocycles. The van der Waals surface area contributed by atoms with E-state index in [4.69, 9.17) is 9.72 Å². The molecule has 2 atom stereocenters. The molecule has 1 fully saturated rings. The van der Waals surface area contributed by atoms with Crippen molar-refractivity contribution in [1.82, 2.24) is 19.0 Å². The molecule has 302 valence electrons. The molecule has 60 heavy (non-hydrogen) atoms. The molecule has 0 aliphatic carbocycles. The maximum absolute atomic E-state index is 6.84. The summed E-state index contributed by atoms with van der Waals surface area (Å²) in [5.74, 6) is 3.66. The van der Waals surface area contributed by atoms with Crippen LogP contribution in [0.5, 0.6) is 11.5 Å². The van der Waals surface area contributed by atoms with E-state index in [9.17, 15) is 0 Å². The first-order valence-corrected chi connectivity index (χ1v) is 22.1. The summed E-state index contributed by atoms with van der Waals surface area (Å²) in [4.78, 5) is 9.89. The molecule has 6 nitrogen and oxygen atoms in total. The Hall–Kier alpha value is -5.81. The van der Waals surface area contributed by atoms with Crippen LogP contribution in [0.3, 0.4) is 0 Å². The van der Waals surface area contributed by atoms with Gasteiger partial charge in [-0.1, -0.05) is 20.8 Å². The number of aromatic nitrogens is 3. The van der Waals surface area contributed by atoms with E-state index in [0.29, 0.717) is 11.8 Å². The fourth-order valence-electron chi connectivity index (χ4n) is 9.33. The van der Waals surface area contributed by atoms with Crippen molar-refractivity contribution in [2.24, 2.45) is 5.92 Å². The molecular formula is C53H49N5OPt. The van der Waals surface area contributed by atoms with Crippen molar-refractivity contribution in [2.75, 3.05) is 31.6 Å². The Morgan fingerprint density at radius 2 is 1.30 bits per heavy atom. The number of piperidine rings is 1. The molecule has 10 rings (SSSR count). The zero-order chi connectivity index (χ0) is 41.0. The van der Waals surface area contributed by atoms with E-state index >= 15 is 0 Å². The number of rotatable bonds is 7. The van der Waals surface area contributed by atoms with Gasteiger partial charge in [-0.15, -0.1) is 0 Å². The van der Waals surface area contributed by atoms with Crippen LogP contribution in [0.15, 0.2) is 164 Å². The van der Waals surface area contributed by atoms with Crippen LogP contribution in [-0.2, 0) is 24.8 Å². The van der Waals surface area contributed by atoms with Crippen LogP contribution in [0.4, 0.5) is 11.5 Å². The van der Waals surface area contributed by atoms with Gasteiger partial charge in [-0.25, -0.2) is 0 Å². The second-order valence-electron chi connectivity index (χ2n) is 17.3. The van der Waals surface area contributed by atoms with Crippen molar-refractivity contribution in [2.45, 2.75) is 38.5 Å². The van der Waals surface area contributed by atoms with E-state index in [1.165, 1.54) is 45.5 Å². The summed E-state index contributed by atoms with van der Waals surface area (Å²) < 4.78 is 12.7. The molecular weight excluding hydrogens is 918 g/mol. The fourth-order valence-corrected chi connectivity index (χ4v) is 10.4. The fraction of sp³-hybridized carbons (Fsp3) is 0.208. The van der Waals surface area contributed by atoms with Gasteiger partial charge in [0.2, 0.25) is 0 Å². The summed E-state index contributed by atoms with van der Waals surface area (Å²) in [7, 11) is 2.25. The number of hydrogen-bond donors (Lipinski definition) is 0. The van der Waals surface area contributed by atoms with Gasteiger partial charge in [-0.05, 0) is 37.1 Å². The Balaban J connectivity index is 1.07. The number of anilines is 2. The molecule has 0 saturated carbocycles. The number of imidazole rings is 1. The average molecular weight is 967 g/mol. The molecule has 8 aromatic rings. The third kappa shape index (κ3) is 7.06. The third-order valence-electron chi connectivity index (χ3n) is 12.4. The molecule has 2 aromatic heterocycles. The van der Waals surface area contributed by atoms with Crippen molar-refractivity contribution in [1.29, 1.82) is 0 Å². The van der Waals surface area contributed by atoms with Gasteiger partial charge in [-0.2, -0.15) is 0 Å². The average Bonchev–Trinajstić information content (AvgIpc) is 3.57. The van der Waals surface area contributed by atoms with E-state index < -0.39 is 0 Å². The van der Waals surface area contributed by atoms with Crippen LogP contribution in [0.1, 0.15) is 44.2 Å². The van der Waals surface area contributed by atoms with Gasteiger partial charge in [0.05, 0.1) is 0 Å². The van der Waals surface area contributed by atoms with Crippen LogP contribution >= 0.6 is 0 Å². The summed E-state index contributed by atoms with van der Waals surface area (Å²) in [6.07, 6.45) is 3.15. The van der Waals surface area contributed by atoms with Gasteiger partial charge in [0, 0.05) is 6.20 Å². The minimum absolute atomic E-state index is 0.0278. The summed E-state index contributed by atoms with van der Waals surface area (Å²) in [6.45, 7) is 9.95. The predicted octanol–water partition coefficient (Wildman–Crippen LogP) is 12.5. The number of ether oxygens (including phenoxy) is 1. The zero-order valence-corrected chi connectivity index (χ0v) is 36.8. The first-order valence-electron chi connectivity index (χ1n) is 21.0. The van der Waals surface area contributed by atoms with E-state index in [2.05, 4.69) is 224 Å². The van der Waals surface area contributed by atoms with Gasteiger partial charge in [-0.3, -0.25) is 0 Å². The number of para-hydroxylation sites is 3. The predicted molar refractivity (Wildman–Crippen MR) is 242 cm³/mol. The summed E-state index contributed by atoms with van der Waals surface area (Å²) in [5.41, 5.74) is 13.0. The number of nitrogens with zero attached hydrogens (tertiary/aromatic N) is 5. The first kappa shape index (κ1) is 38.4. The number of hydrogen-bond acceptors (Lipinski definition) is 4. The maximum atomic E-state index is 6.84. The molecule has 2 aliphatic heterocycles. The van der Waals surface area contributed by atoms with E-state index in [1.54, 1.807) is 0 Å². The van der Waals surface area contributed by atoms with Gasteiger partial charge in [0.15, 0.2) is 0 Å². The third-order valence-corrected chi connectivity index (χ3v) is 13.4. The summed E-state index contributed by atoms with van der Waals surface area (Å²) in [6, 6.07) is 56.4. The van der Waals surface area contributed by atoms with E-state index in [0.717, 1.165) is 63.2 Å². The molecule has 6 aromatic carbocycles. The molecule has 0 radical (unpaired) electrons. The van der Waals surface area contributed by atoms with Crippen molar-refractivity contribution >= 4 is 22.5 Å². The normalized spacial score (nSPS) is 16.7. The Bertz CT molecular complexity index is 2850. The zero-order valence-electron chi connectivity index (χ0n) is 34.5. The number of pyridine rings is 1. The van der Waals surface area contributed by atoms with Crippen LogP contribution in [-0.4, -0.2) is 45.7 Å². The van der Waals surface area contributed by atoms with Gasteiger partial charge >= 0.3 is 297 Å². The Morgan fingerprint density at radius 3 is 2.00 bits per heavy atom. The minimum atomic E-state index is 0.0278. The Kier molecular flexibility index (Phi) is 10.0. The van der Waals surface area contributed by atoms with Crippen LogP contribution in [0.2, 0.25) is 0 Å². The van der Waals surface area contributed by atoms with E-state index in [-0.39, 0.29) is 5.41 Å². The quantitative estimate of drug-likeness (QED) is 0.160. The molecule has 0 N–H and O–H groups in total. The molecule has 4 heterocycles. The topological polar surface area (TPSA) is 38.5 Å². The van der Waals surface area contributed by atoms with Crippen LogP contribution in [0, 0.1) is 9.72 Å². The molecule has 7 heteroatoms. The molecule has 2 unspecified atom stereocenters. The van der Waals surface area contributed by atoms with Crippen LogP contribution < -0.4 is 9.64 Å². The van der Waals surface area contributed by atoms with Crippen molar-refractivity contribution < 1.29 is 24.1 Å². The second-order valence-corrected chi connectivity index (χ2v) is 18.4. The first-order chi connectivity index (χ1) is 29.2. The SMILES string of the molecule is CN1CCC2CN(c3cc(C(C)(C)C)ccn3)c3cc(Oc4cccc(-n5[c](=[Pt])n(-c6c(-c7ccccc7)cccc6-c6ccccc6)c6ccccc65)c4)ccc3C2C1. The molecule has 0 bridgehead atoms. The second kappa shape index (κ2) is 15.7. The van der Waals surface area contributed by atoms with Crippen molar-refractivity contribution in [3.63, 3.8) is 0 Å². The Labute approximate surface area is 363 Å². The number of fused-ring (bicyclic) bond motifs is 4. The van der Waals surface area contributed by atoms with E-state index in [1.807, 2.05) is 6.20 Å². The molecule has 0 spiro atoms. The van der Waals surface area contributed by atoms with Gasteiger partial charge < -0.3 is 4.90 Å². The van der Waals surface area contributed by atoms with Gasteiger partial charge in [0.25, 0.3) is 0 Å². The van der Waals surface area contributed by atoms with Crippen molar-refractivity contribution in [3.05, 3.63) is 179 Å². The number of likely N-dealkylation sites (N-methyl/N-ethyl adjacent to an activating group) is 1. The summed E-state index contributed by atoms with van der Waals surface area (Å²) >= 11 is 2.51. The van der Waals surface area contributed by atoms with Gasteiger partial charge in [0.1, 0.15) is 0 Å². The number of benzene rings is 6. The summed E-state index contributed by atoms with van der Waals surface area (Å²) in [5, 5.41) is 0. The number of likely N-dealkylation sites (tertiary alicyclic amines) is 1. The Morgan fingerprint density at radius 1 is 0.650 bits per heavy atom. The van der Waals surface area contributed by atoms with Crippen molar-refractivity contribution in [3.8, 4) is 45.1 Å².